The second-order valence-corrected chi connectivity index (χ2v) is 18.4. The van der Waals surface area contributed by atoms with E-state index in [-0.39, 0.29) is 0 Å². The summed E-state index contributed by atoms with van der Waals surface area (Å²) >= 11 is 0. The van der Waals surface area contributed by atoms with E-state index in [4.69, 9.17) is 18.5 Å². The summed E-state index contributed by atoms with van der Waals surface area (Å²) in [6.07, 6.45) is -1.81. The van der Waals surface area contributed by atoms with Crippen LogP contribution in [0.4, 0.5) is 0 Å². The molecule has 7 rings (SSSR count). The molecule has 0 radical (unpaired) electrons. The molecule has 2 fully saturated rings. The topological polar surface area (TPSA) is 83.1 Å². The zero-order valence-electron chi connectivity index (χ0n) is 29.5. The molecule has 1 N–H and O–H groups in total. The average Bonchev–Trinajstić information content (AvgIpc) is 3.44. The lowest BCUT2D eigenvalue weighted by Crippen LogP contribution is -2.53. The van der Waals surface area contributed by atoms with Gasteiger partial charge < -0.3 is 9.47 Å². The van der Waals surface area contributed by atoms with Crippen molar-refractivity contribution in [3.05, 3.63) is 179 Å². The molecule has 2 aliphatic rings. The Labute approximate surface area is 303 Å². The van der Waals surface area contributed by atoms with Gasteiger partial charge in [0.15, 0.2) is 17.0 Å². The minimum atomic E-state index is -4.58. The number of hydrogen-bond acceptors (Lipinski definition) is 6. The van der Waals surface area contributed by atoms with Crippen molar-refractivity contribution >= 4 is 18.6 Å². The van der Waals surface area contributed by atoms with Crippen LogP contribution in [0.2, 0.25) is 0 Å². The van der Waals surface area contributed by atoms with E-state index in [0.717, 1.165) is 0 Å². The molecule has 2 saturated heterocycles. The van der Waals surface area contributed by atoms with Crippen LogP contribution in [0.1, 0.15) is 68.2 Å². The maximum absolute atomic E-state index is 16.8. The van der Waals surface area contributed by atoms with Crippen LogP contribution in [0, 0.1) is 0 Å². The molecule has 7 nitrogen and oxygen atoms in total. The van der Waals surface area contributed by atoms with Gasteiger partial charge in [-0.25, -0.2) is 8.93 Å². The first-order chi connectivity index (χ1) is 24.4. The average molecular weight is 722 g/mol. The van der Waals surface area contributed by atoms with Crippen LogP contribution in [0.3, 0.4) is 0 Å². The van der Waals surface area contributed by atoms with Gasteiger partial charge in [-0.05, 0) is 62.4 Å². The Morgan fingerprint density at radius 1 is 0.588 bits per heavy atom. The first-order valence-corrected chi connectivity index (χ1v) is 20.0. The van der Waals surface area contributed by atoms with Crippen LogP contribution in [0.5, 0.6) is 0 Å². The van der Waals surface area contributed by atoms with Crippen molar-refractivity contribution in [2.45, 2.75) is 74.3 Å². The molecule has 1 unspecified atom stereocenters. The number of hydrogen-bond donors (Lipinski definition) is 1. The Hall–Kier alpha value is -3.72. The molecule has 2 aliphatic heterocycles. The van der Waals surface area contributed by atoms with Gasteiger partial charge in [0.1, 0.15) is 18.0 Å². The van der Waals surface area contributed by atoms with Crippen molar-refractivity contribution in [2.75, 3.05) is 0 Å². The molecule has 0 aliphatic carbocycles. The summed E-state index contributed by atoms with van der Waals surface area (Å²) < 4.78 is 62.4. The Balaban J connectivity index is 1.63. The second kappa shape index (κ2) is 13.7. The van der Waals surface area contributed by atoms with Gasteiger partial charge in [0, 0.05) is 0 Å². The summed E-state index contributed by atoms with van der Waals surface area (Å²) in [5.41, 5.74) is 0.333. The zero-order valence-corrected chi connectivity index (χ0v) is 31.2. The Morgan fingerprint density at radius 2 is 0.902 bits per heavy atom. The third-order valence-corrected chi connectivity index (χ3v) is 13.3. The summed E-state index contributed by atoms with van der Waals surface area (Å²) in [6, 6.07) is 48.1. The standard InChI is InChI=1S/C42H44NO6PS/c1-39(2,3)51(45)43-38(31-21-11-6-12-22-31)50(44)48-41(32-23-13-7-14-24-32,33-25-15-8-16-26-33)36-37(47-40(4,5)46-36)42(49-50,34-27-17-9-18-28-34)35-29-19-10-20-30-35/h6-30,36-38,43H,1-5H3/t36-,37-,38-,51?/m1/s1. The Morgan fingerprint density at radius 3 is 1.22 bits per heavy atom. The predicted octanol–water partition coefficient (Wildman–Crippen LogP) is 9.38. The summed E-state index contributed by atoms with van der Waals surface area (Å²) in [5.74, 6) is -2.28. The summed E-state index contributed by atoms with van der Waals surface area (Å²) in [5, 5.41) is 0. The SMILES string of the molecule is CC1(C)O[C@@H]2[C@@H](O1)C(c1ccccc1)(c1ccccc1)OP(=O)([C@@H](NS(=O)C(C)(C)C)c1ccccc1)OC2(c1ccccc1)c1ccccc1. The predicted molar refractivity (Wildman–Crippen MR) is 201 cm³/mol. The van der Waals surface area contributed by atoms with Crippen molar-refractivity contribution in [3.63, 3.8) is 0 Å². The maximum atomic E-state index is 16.8. The quantitative estimate of drug-likeness (QED) is 0.161. The van der Waals surface area contributed by atoms with E-state index in [0.29, 0.717) is 27.8 Å². The highest BCUT2D eigenvalue weighted by molar-refractivity contribution is 7.84. The van der Waals surface area contributed by atoms with Crippen LogP contribution >= 0.6 is 7.60 Å². The fourth-order valence-electron chi connectivity index (χ4n) is 7.16. The lowest BCUT2D eigenvalue weighted by atomic mass is 9.72. The number of benzene rings is 5. The highest BCUT2D eigenvalue weighted by Gasteiger charge is 2.70. The molecule has 0 saturated carbocycles. The Bertz CT molecular complexity index is 1820. The van der Waals surface area contributed by atoms with Crippen molar-refractivity contribution in [3.8, 4) is 0 Å². The van der Waals surface area contributed by atoms with E-state index in [2.05, 4.69) is 4.72 Å². The number of ether oxygens (including phenoxy) is 2. The van der Waals surface area contributed by atoms with Gasteiger partial charge in [-0.3, -0.25) is 13.6 Å². The van der Waals surface area contributed by atoms with Crippen molar-refractivity contribution in [2.24, 2.45) is 0 Å². The van der Waals surface area contributed by atoms with Gasteiger partial charge >= 0.3 is 7.60 Å². The molecule has 2 heterocycles. The second-order valence-electron chi connectivity index (χ2n) is 14.4. The van der Waals surface area contributed by atoms with Gasteiger partial charge in [0.05, 0.1) is 15.7 Å². The molecule has 4 atom stereocenters. The van der Waals surface area contributed by atoms with Crippen LogP contribution in [-0.4, -0.2) is 27.0 Å². The van der Waals surface area contributed by atoms with E-state index in [1.54, 1.807) is 0 Å². The maximum Gasteiger partial charge on any atom is 0.355 e. The molecule has 0 amide bonds. The van der Waals surface area contributed by atoms with Crippen LogP contribution in [-0.2, 0) is 45.3 Å². The smallest absolute Gasteiger partial charge is 0.341 e. The van der Waals surface area contributed by atoms with Crippen molar-refractivity contribution in [1.82, 2.24) is 4.72 Å². The van der Waals surface area contributed by atoms with Gasteiger partial charge in [0.2, 0.25) is 0 Å². The van der Waals surface area contributed by atoms with E-state index < -0.39 is 58.3 Å². The largest absolute Gasteiger partial charge is 0.355 e. The highest BCUT2D eigenvalue weighted by Crippen LogP contribution is 2.73. The number of nitrogens with one attached hydrogen (secondary N) is 1. The van der Waals surface area contributed by atoms with E-state index in [1.807, 2.05) is 186 Å². The lowest BCUT2D eigenvalue weighted by molar-refractivity contribution is -0.176. The fraction of sp³-hybridized carbons (Fsp3) is 0.286. The van der Waals surface area contributed by atoms with Crippen LogP contribution in [0.15, 0.2) is 152 Å². The van der Waals surface area contributed by atoms with Gasteiger partial charge in [-0.2, -0.15) is 0 Å². The first kappa shape index (κ1) is 35.7. The molecular weight excluding hydrogens is 678 g/mol. The summed E-state index contributed by atoms with van der Waals surface area (Å²) in [4.78, 5) is 0. The summed E-state index contributed by atoms with van der Waals surface area (Å²) in [6.45, 7) is 9.36. The third-order valence-electron chi connectivity index (χ3n) is 9.46. The molecule has 9 heteroatoms. The molecule has 51 heavy (non-hydrogen) atoms. The lowest BCUT2D eigenvalue weighted by Gasteiger charge is -2.41. The molecule has 5 aromatic rings. The third kappa shape index (κ3) is 6.49. The van der Waals surface area contributed by atoms with E-state index >= 15 is 4.57 Å². The fourth-order valence-corrected chi connectivity index (χ4v) is 10.9. The van der Waals surface area contributed by atoms with E-state index in [1.165, 1.54) is 0 Å². The minimum Gasteiger partial charge on any atom is -0.341 e. The normalized spacial score (nSPS) is 23.0. The van der Waals surface area contributed by atoms with Crippen molar-refractivity contribution < 1.29 is 27.3 Å². The Kier molecular flexibility index (Phi) is 9.57. The molecule has 264 valence electrons. The molecular formula is C42H44NO6PS. The van der Waals surface area contributed by atoms with Gasteiger partial charge in [-0.15, -0.1) is 0 Å². The molecule has 0 spiro atoms. The molecule has 0 bridgehead atoms. The van der Waals surface area contributed by atoms with Gasteiger partial charge in [0.25, 0.3) is 0 Å². The monoisotopic (exact) mass is 721 g/mol. The highest BCUT2D eigenvalue weighted by atomic mass is 32.2. The van der Waals surface area contributed by atoms with E-state index in [9.17, 15) is 4.21 Å². The first-order valence-electron chi connectivity index (χ1n) is 17.2. The minimum absolute atomic E-state index is 0.595. The van der Waals surface area contributed by atoms with Crippen LogP contribution in [0.25, 0.3) is 0 Å². The van der Waals surface area contributed by atoms with Crippen LogP contribution < -0.4 is 4.72 Å². The summed E-state index contributed by atoms with van der Waals surface area (Å²) in [7, 11) is -6.27. The molecule has 5 aromatic carbocycles. The number of rotatable bonds is 8. The van der Waals surface area contributed by atoms with Gasteiger partial charge in [-0.1, -0.05) is 152 Å². The zero-order chi connectivity index (χ0) is 35.9. The van der Waals surface area contributed by atoms with Crippen molar-refractivity contribution in [1.29, 1.82) is 0 Å². The number of fused-ring (bicyclic) bond motifs is 1. The molecule has 0 aromatic heterocycles.